The van der Waals surface area contributed by atoms with Crippen molar-refractivity contribution in [3.8, 4) is 0 Å². The fraction of sp³-hybridized carbons (Fsp3) is 0.938. The molecule has 0 aromatic heterocycles. The lowest BCUT2D eigenvalue weighted by atomic mass is 9.92. The van der Waals surface area contributed by atoms with Crippen LogP contribution in [0.25, 0.3) is 0 Å². The van der Waals surface area contributed by atoms with E-state index in [1.165, 1.54) is 70.6 Å². The van der Waals surface area contributed by atoms with Gasteiger partial charge >= 0.3 is 5.97 Å². The maximum Gasteiger partial charge on any atom is 0.306 e. The van der Waals surface area contributed by atoms with Gasteiger partial charge in [-0.05, 0) is 26.2 Å². The van der Waals surface area contributed by atoms with Crippen molar-refractivity contribution in [3.63, 3.8) is 0 Å². The number of methoxy groups -OCH3 is 2. The van der Waals surface area contributed by atoms with Crippen molar-refractivity contribution in [3.05, 3.63) is 0 Å². The minimum Gasteiger partial charge on any atom is -0.453 e. The number of rotatable bonds is 27. The Balaban J connectivity index is 1.95. The van der Waals surface area contributed by atoms with Gasteiger partial charge in [0.25, 0.3) is 5.91 Å². The molecule has 1 saturated heterocycles. The average Bonchev–Trinajstić information content (AvgIpc) is 3.26. The van der Waals surface area contributed by atoms with Gasteiger partial charge in [-0.25, -0.2) is 0 Å². The summed E-state index contributed by atoms with van der Waals surface area (Å²) >= 11 is 0. The highest BCUT2D eigenvalue weighted by Gasteiger charge is 2.43. The number of carbonyl (C=O) groups is 2. The molecule has 0 radical (unpaired) electrons. The first kappa shape index (κ1) is 37.9. The van der Waals surface area contributed by atoms with Gasteiger partial charge in [0.1, 0.15) is 26.2 Å². The zero-order chi connectivity index (χ0) is 30.1. The summed E-state index contributed by atoms with van der Waals surface area (Å²) in [7, 11) is 5.35. The monoisotopic (exact) mass is 583 g/mol. The third-order valence-corrected chi connectivity index (χ3v) is 7.99. The molecule has 1 amide bonds. The van der Waals surface area contributed by atoms with Crippen molar-refractivity contribution in [1.82, 2.24) is 5.32 Å². The molecule has 0 aromatic carbocycles. The topological polar surface area (TPSA) is 92.3 Å². The minimum absolute atomic E-state index is 0.0271. The molecule has 41 heavy (non-hydrogen) atoms. The molecule has 1 heterocycles. The van der Waals surface area contributed by atoms with Crippen LogP contribution in [0, 0.1) is 0 Å². The largest absolute Gasteiger partial charge is 0.453 e. The van der Waals surface area contributed by atoms with Gasteiger partial charge in [-0.2, -0.15) is 0 Å². The molecule has 0 bridgehead atoms. The summed E-state index contributed by atoms with van der Waals surface area (Å²) in [6, 6.07) is -0.0271. The molecule has 9 heteroatoms. The third kappa shape index (κ3) is 18.2. The van der Waals surface area contributed by atoms with Crippen LogP contribution in [0.15, 0.2) is 0 Å². The predicted octanol–water partition coefficient (Wildman–Crippen LogP) is 5.48. The summed E-state index contributed by atoms with van der Waals surface area (Å²) in [5.41, 5.74) is 0. The Labute approximate surface area is 252 Å². The maximum absolute atomic E-state index is 12.3. The normalized spacial score (nSPS) is 21.2. The Morgan fingerprint density at radius 1 is 0.805 bits per heavy atom. The SMILES string of the molecule is B[C@@H]1O[C@H](COC)[C@H](OC)C1OCCCCCCNC(=O)C(C)OC(=O)CCCCCCCCCCCCCCC. The standard InChI is InChI=1S/C32H62BNO7/c1-5-6-7-8-9-10-11-12-13-14-15-16-19-22-28(35)40-26(2)32(36)34-23-20-17-18-21-24-39-30-29(38-4)27(25-37-3)41-31(30)33/h26-27,29-31H,5-25,33H2,1-4H3,(H,34,36)/t26?,27-,29+,30?,31-/m1/s1. The summed E-state index contributed by atoms with van der Waals surface area (Å²) in [6.45, 7) is 5.63. The van der Waals surface area contributed by atoms with E-state index < -0.39 is 6.10 Å². The molecule has 8 nitrogen and oxygen atoms in total. The lowest BCUT2D eigenvalue weighted by molar-refractivity contribution is -0.154. The van der Waals surface area contributed by atoms with Crippen LogP contribution in [0.1, 0.15) is 129 Å². The van der Waals surface area contributed by atoms with Crippen LogP contribution < -0.4 is 5.32 Å². The minimum atomic E-state index is -0.746. The smallest absolute Gasteiger partial charge is 0.306 e. The molecule has 1 N–H and O–H groups in total. The van der Waals surface area contributed by atoms with Crippen LogP contribution in [-0.4, -0.2) is 84.1 Å². The van der Waals surface area contributed by atoms with Gasteiger partial charge in [0.15, 0.2) is 6.10 Å². The van der Waals surface area contributed by atoms with Crippen molar-refractivity contribution >= 4 is 19.7 Å². The molecular weight excluding hydrogens is 521 g/mol. The number of hydrogen-bond donors (Lipinski definition) is 1. The summed E-state index contributed by atoms with van der Waals surface area (Å²) < 4.78 is 28.1. The molecular formula is C32H62BNO7. The van der Waals surface area contributed by atoms with E-state index in [-0.39, 0.29) is 36.2 Å². The van der Waals surface area contributed by atoms with E-state index in [1.54, 1.807) is 21.1 Å². The number of hydrogen-bond acceptors (Lipinski definition) is 7. The van der Waals surface area contributed by atoms with Gasteiger partial charge in [0.2, 0.25) is 0 Å². The molecule has 0 aromatic rings. The molecule has 1 rings (SSSR count). The number of esters is 1. The molecule has 1 aliphatic heterocycles. The summed E-state index contributed by atoms with van der Waals surface area (Å²) in [5, 5.41) is 2.88. The Morgan fingerprint density at radius 2 is 1.37 bits per heavy atom. The van der Waals surface area contributed by atoms with Crippen molar-refractivity contribution in [2.75, 3.05) is 34.0 Å². The summed E-state index contributed by atoms with van der Waals surface area (Å²) in [5.74, 6) is -0.500. The van der Waals surface area contributed by atoms with Crippen molar-refractivity contribution in [2.45, 2.75) is 160 Å². The average molecular weight is 584 g/mol. The van der Waals surface area contributed by atoms with E-state index in [1.807, 2.05) is 7.85 Å². The van der Waals surface area contributed by atoms with E-state index in [0.29, 0.717) is 26.2 Å². The molecule has 0 saturated carbocycles. The highest BCUT2D eigenvalue weighted by atomic mass is 16.6. The number of amides is 1. The van der Waals surface area contributed by atoms with E-state index in [2.05, 4.69) is 12.2 Å². The van der Waals surface area contributed by atoms with E-state index in [9.17, 15) is 9.59 Å². The van der Waals surface area contributed by atoms with E-state index in [0.717, 1.165) is 38.5 Å². The van der Waals surface area contributed by atoms with Crippen LogP contribution in [-0.2, 0) is 33.3 Å². The molecule has 5 atom stereocenters. The van der Waals surface area contributed by atoms with Crippen molar-refractivity contribution in [2.24, 2.45) is 0 Å². The van der Waals surface area contributed by atoms with Gasteiger partial charge in [0.05, 0.1) is 12.6 Å². The lowest BCUT2D eigenvalue weighted by Gasteiger charge is -2.22. The number of carbonyl (C=O) groups excluding carboxylic acids is 2. The van der Waals surface area contributed by atoms with Gasteiger partial charge in [-0.3, -0.25) is 9.59 Å². The zero-order valence-corrected chi connectivity index (χ0v) is 27.1. The van der Waals surface area contributed by atoms with E-state index >= 15 is 0 Å². The molecule has 240 valence electrons. The molecule has 1 fully saturated rings. The number of ether oxygens (including phenoxy) is 5. The van der Waals surface area contributed by atoms with E-state index in [4.69, 9.17) is 23.7 Å². The second kappa shape index (κ2) is 25.4. The lowest BCUT2D eigenvalue weighted by Crippen LogP contribution is -2.38. The highest BCUT2D eigenvalue weighted by Crippen LogP contribution is 2.25. The first-order valence-electron chi connectivity index (χ1n) is 16.7. The Kier molecular flexibility index (Phi) is 23.4. The second-order valence-corrected chi connectivity index (χ2v) is 11.7. The van der Waals surface area contributed by atoms with Crippen LogP contribution in [0.3, 0.4) is 0 Å². The van der Waals surface area contributed by atoms with Crippen molar-refractivity contribution in [1.29, 1.82) is 0 Å². The van der Waals surface area contributed by atoms with Gasteiger partial charge in [0, 0.05) is 33.8 Å². The van der Waals surface area contributed by atoms with Crippen LogP contribution in [0.2, 0.25) is 0 Å². The first-order valence-corrected chi connectivity index (χ1v) is 16.7. The number of unbranched alkanes of at least 4 members (excludes halogenated alkanes) is 15. The summed E-state index contributed by atoms with van der Waals surface area (Å²) in [6.07, 6.45) is 19.7. The molecule has 0 aliphatic carbocycles. The quantitative estimate of drug-likeness (QED) is 0.0778. The second-order valence-electron chi connectivity index (χ2n) is 11.7. The Morgan fingerprint density at radius 3 is 1.95 bits per heavy atom. The molecule has 1 aliphatic rings. The highest BCUT2D eigenvalue weighted by molar-refractivity contribution is 6.11. The fourth-order valence-corrected chi connectivity index (χ4v) is 5.48. The summed E-state index contributed by atoms with van der Waals surface area (Å²) in [4.78, 5) is 24.4. The van der Waals surface area contributed by atoms with Gasteiger partial charge in [-0.1, -0.05) is 96.8 Å². The fourth-order valence-electron chi connectivity index (χ4n) is 5.48. The van der Waals surface area contributed by atoms with Crippen LogP contribution in [0.5, 0.6) is 0 Å². The van der Waals surface area contributed by atoms with Crippen LogP contribution in [0.4, 0.5) is 0 Å². The van der Waals surface area contributed by atoms with Crippen molar-refractivity contribution < 1.29 is 33.3 Å². The molecule has 0 spiro atoms. The third-order valence-electron chi connectivity index (χ3n) is 7.99. The van der Waals surface area contributed by atoms with Gasteiger partial charge < -0.3 is 29.0 Å². The zero-order valence-electron chi connectivity index (χ0n) is 27.1. The van der Waals surface area contributed by atoms with Gasteiger partial charge in [-0.15, -0.1) is 0 Å². The Bertz CT molecular complexity index is 654. The predicted molar refractivity (Wildman–Crippen MR) is 167 cm³/mol. The van der Waals surface area contributed by atoms with Crippen LogP contribution >= 0.6 is 0 Å². The number of nitrogens with one attached hydrogen (secondary N) is 1. The Hall–Kier alpha value is -1.16. The molecule has 2 unspecified atom stereocenters. The first-order chi connectivity index (χ1) is 19.9. The maximum atomic E-state index is 12.3.